The van der Waals surface area contributed by atoms with Gasteiger partial charge in [0.2, 0.25) is 0 Å². The van der Waals surface area contributed by atoms with Gasteiger partial charge in [0.15, 0.2) is 0 Å². The summed E-state index contributed by atoms with van der Waals surface area (Å²) in [5, 5.41) is 0.800. The fourth-order valence-corrected chi connectivity index (χ4v) is 3.55. The average molecular weight is 346 g/mol. The fourth-order valence-electron chi connectivity index (χ4n) is 2.07. The van der Waals surface area contributed by atoms with Crippen LogP contribution in [0.2, 0.25) is 0 Å². The highest BCUT2D eigenvalue weighted by atomic mass is 79.9. The van der Waals surface area contributed by atoms with E-state index in [9.17, 15) is 13.2 Å². The molecular formula is C13H7BrF3NS. The maximum atomic E-state index is 13.0. The van der Waals surface area contributed by atoms with Crippen molar-refractivity contribution in [1.82, 2.24) is 4.98 Å². The molecule has 0 aliphatic carbocycles. The van der Waals surface area contributed by atoms with Crippen LogP contribution in [0.1, 0.15) is 5.56 Å². The minimum Gasteiger partial charge on any atom is -0.352 e. The van der Waals surface area contributed by atoms with E-state index in [1.54, 1.807) is 12.3 Å². The minimum absolute atomic E-state index is 0.201. The van der Waals surface area contributed by atoms with Crippen LogP contribution >= 0.6 is 27.3 Å². The zero-order valence-corrected chi connectivity index (χ0v) is 11.8. The van der Waals surface area contributed by atoms with E-state index in [0.717, 1.165) is 20.1 Å². The molecule has 0 saturated carbocycles. The van der Waals surface area contributed by atoms with E-state index >= 15 is 0 Å². The molecule has 0 spiro atoms. The van der Waals surface area contributed by atoms with Gasteiger partial charge in [0.25, 0.3) is 0 Å². The van der Waals surface area contributed by atoms with E-state index in [0.29, 0.717) is 5.56 Å². The van der Waals surface area contributed by atoms with Crippen LogP contribution in [-0.4, -0.2) is 4.98 Å². The first-order valence-electron chi connectivity index (χ1n) is 5.40. The van der Waals surface area contributed by atoms with Gasteiger partial charge >= 0.3 is 6.18 Å². The van der Waals surface area contributed by atoms with Crippen molar-refractivity contribution in [2.24, 2.45) is 0 Å². The number of hydrogen-bond acceptors (Lipinski definition) is 1. The molecule has 0 aliphatic heterocycles. The van der Waals surface area contributed by atoms with E-state index in [2.05, 4.69) is 20.9 Å². The zero-order chi connectivity index (χ0) is 13.6. The largest absolute Gasteiger partial charge is 0.417 e. The van der Waals surface area contributed by atoms with Gasteiger partial charge in [-0.15, -0.1) is 11.3 Å². The van der Waals surface area contributed by atoms with Crippen molar-refractivity contribution >= 4 is 37.5 Å². The maximum absolute atomic E-state index is 13.0. The van der Waals surface area contributed by atoms with Gasteiger partial charge < -0.3 is 4.98 Å². The van der Waals surface area contributed by atoms with E-state index < -0.39 is 11.7 Å². The first-order chi connectivity index (χ1) is 8.97. The number of thiophene rings is 1. The zero-order valence-electron chi connectivity index (χ0n) is 9.38. The Bertz CT molecular complexity index is 742. The molecule has 0 aliphatic rings. The third-order valence-corrected chi connectivity index (χ3v) is 4.43. The van der Waals surface area contributed by atoms with Crippen molar-refractivity contribution in [3.63, 3.8) is 0 Å². The van der Waals surface area contributed by atoms with E-state index in [1.807, 2.05) is 6.07 Å². The lowest BCUT2D eigenvalue weighted by molar-refractivity contribution is -0.137. The average Bonchev–Trinajstić information content (AvgIpc) is 2.86. The molecule has 0 amide bonds. The topological polar surface area (TPSA) is 15.8 Å². The minimum atomic E-state index is -4.35. The first kappa shape index (κ1) is 12.7. The van der Waals surface area contributed by atoms with Crippen LogP contribution in [-0.2, 0) is 6.18 Å². The smallest absolute Gasteiger partial charge is 0.352 e. The third kappa shape index (κ3) is 2.19. The molecular weight excluding hydrogens is 339 g/mol. The molecule has 3 aromatic rings. The summed E-state index contributed by atoms with van der Waals surface area (Å²) in [4.78, 5) is 3.87. The summed E-state index contributed by atoms with van der Waals surface area (Å²) in [6, 6.07) is 7.45. The number of rotatable bonds is 1. The van der Waals surface area contributed by atoms with E-state index in [4.69, 9.17) is 0 Å². The third-order valence-electron chi connectivity index (χ3n) is 2.86. The number of nitrogens with one attached hydrogen (secondary N) is 1. The highest BCUT2D eigenvalue weighted by Gasteiger charge is 2.33. The van der Waals surface area contributed by atoms with Crippen LogP contribution in [0.15, 0.2) is 40.3 Å². The number of fused-ring (bicyclic) bond motifs is 1. The molecule has 3 rings (SSSR count). The van der Waals surface area contributed by atoms with Gasteiger partial charge in [-0.2, -0.15) is 13.2 Å². The summed E-state index contributed by atoms with van der Waals surface area (Å²) >= 11 is 4.81. The number of aromatic nitrogens is 1. The first-order valence-corrected chi connectivity index (χ1v) is 7.01. The van der Waals surface area contributed by atoms with Crippen LogP contribution in [0.25, 0.3) is 21.3 Å². The molecule has 0 atom stereocenters. The van der Waals surface area contributed by atoms with Crippen LogP contribution in [0.4, 0.5) is 13.2 Å². The fraction of sp³-hybridized carbons (Fsp3) is 0.0769. The van der Waals surface area contributed by atoms with Gasteiger partial charge in [0.1, 0.15) is 4.83 Å². The van der Waals surface area contributed by atoms with Crippen molar-refractivity contribution in [2.45, 2.75) is 6.18 Å². The molecule has 1 aromatic carbocycles. The predicted octanol–water partition coefficient (Wildman–Crippen LogP) is 5.68. The summed E-state index contributed by atoms with van der Waals surface area (Å²) in [6.07, 6.45) is -2.73. The Balaban J connectivity index is 2.27. The lowest BCUT2D eigenvalue weighted by Gasteiger charge is -2.11. The molecule has 19 heavy (non-hydrogen) atoms. The van der Waals surface area contributed by atoms with Gasteiger partial charge in [-0.05, 0) is 33.6 Å². The van der Waals surface area contributed by atoms with Gasteiger partial charge in [-0.1, -0.05) is 18.2 Å². The number of aromatic amines is 1. The standard InChI is InChI=1S/C13H7BrF3NS/c14-11-5-8-9(6-18-12(8)19-11)7-3-1-2-4-10(7)13(15,16)17/h1-6,18H. The second-order valence-electron chi connectivity index (χ2n) is 4.04. The Morgan fingerprint density at radius 1 is 1.11 bits per heavy atom. The number of H-pyrrole nitrogens is 1. The molecule has 0 radical (unpaired) electrons. The Hall–Kier alpha value is -1.27. The molecule has 0 bridgehead atoms. The van der Waals surface area contributed by atoms with Gasteiger partial charge in [0.05, 0.1) is 9.35 Å². The maximum Gasteiger partial charge on any atom is 0.417 e. The molecule has 2 heterocycles. The predicted molar refractivity (Wildman–Crippen MR) is 74.3 cm³/mol. The summed E-state index contributed by atoms with van der Waals surface area (Å²) in [6.45, 7) is 0. The Morgan fingerprint density at radius 3 is 2.58 bits per heavy atom. The molecule has 6 heteroatoms. The van der Waals surface area contributed by atoms with Crippen LogP contribution in [0.3, 0.4) is 0 Å². The highest BCUT2D eigenvalue weighted by molar-refractivity contribution is 9.11. The second kappa shape index (κ2) is 4.38. The normalized spacial score (nSPS) is 12.2. The monoisotopic (exact) mass is 345 g/mol. The quantitative estimate of drug-likeness (QED) is 0.584. The molecule has 0 unspecified atom stereocenters. The highest BCUT2D eigenvalue weighted by Crippen LogP contribution is 2.41. The molecule has 1 nitrogen and oxygen atoms in total. The van der Waals surface area contributed by atoms with Crippen molar-refractivity contribution in [3.8, 4) is 11.1 Å². The molecule has 1 N–H and O–H groups in total. The van der Waals surface area contributed by atoms with Gasteiger partial charge in [-0.3, -0.25) is 0 Å². The van der Waals surface area contributed by atoms with Crippen molar-refractivity contribution in [1.29, 1.82) is 0 Å². The molecule has 98 valence electrons. The SMILES string of the molecule is FC(F)(F)c1ccccc1-c1c[nH]c2sc(Br)cc12. The molecule has 2 aromatic heterocycles. The van der Waals surface area contributed by atoms with Crippen molar-refractivity contribution < 1.29 is 13.2 Å². The number of halogens is 4. The number of alkyl halides is 3. The summed E-state index contributed by atoms with van der Waals surface area (Å²) < 4.78 is 40.0. The van der Waals surface area contributed by atoms with Gasteiger partial charge in [-0.25, -0.2) is 0 Å². The van der Waals surface area contributed by atoms with Crippen LogP contribution in [0, 0.1) is 0 Å². The Kier molecular flexibility index (Phi) is 2.94. The van der Waals surface area contributed by atoms with E-state index in [-0.39, 0.29) is 5.56 Å². The van der Waals surface area contributed by atoms with Crippen molar-refractivity contribution in [2.75, 3.05) is 0 Å². The van der Waals surface area contributed by atoms with Crippen LogP contribution < -0.4 is 0 Å². The van der Waals surface area contributed by atoms with Crippen molar-refractivity contribution in [3.05, 3.63) is 45.9 Å². The summed E-state index contributed by atoms with van der Waals surface area (Å²) in [7, 11) is 0. The van der Waals surface area contributed by atoms with Gasteiger partial charge in [0, 0.05) is 17.1 Å². The lowest BCUT2D eigenvalue weighted by Crippen LogP contribution is -2.06. The lowest BCUT2D eigenvalue weighted by atomic mass is 10.00. The second-order valence-corrected chi connectivity index (χ2v) is 6.47. The number of benzene rings is 1. The Morgan fingerprint density at radius 2 is 1.84 bits per heavy atom. The Labute approximate surface area is 119 Å². The molecule has 0 fully saturated rings. The van der Waals surface area contributed by atoms with E-state index in [1.165, 1.54) is 23.5 Å². The number of hydrogen-bond donors (Lipinski definition) is 1. The summed E-state index contributed by atoms with van der Waals surface area (Å²) in [5.41, 5.74) is 0.162. The van der Waals surface area contributed by atoms with Crippen LogP contribution in [0.5, 0.6) is 0 Å². The molecule has 0 saturated heterocycles. The summed E-state index contributed by atoms with van der Waals surface area (Å²) in [5.74, 6) is 0.